The molecule has 4 heterocycles. The lowest BCUT2D eigenvalue weighted by Crippen LogP contribution is -2.60. The number of carbonyl (C=O) groups excluding carboxylic acids is 3. The van der Waals surface area contributed by atoms with Crippen LogP contribution in [0.1, 0.15) is 30.9 Å². The minimum Gasteiger partial charge on any atom is -0.394 e. The van der Waals surface area contributed by atoms with Crippen molar-refractivity contribution in [1.29, 1.82) is 0 Å². The topological polar surface area (TPSA) is 103 Å². The van der Waals surface area contributed by atoms with Crippen LogP contribution < -0.4 is 0 Å². The van der Waals surface area contributed by atoms with E-state index in [2.05, 4.69) is 18.1 Å². The fourth-order valence-electron chi connectivity index (χ4n) is 8.65. The first kappa shape index (κ1) is 35.0. The number of fused-ring (bicyclic) bond motifs is 1. The molecule has 4 aliphatic rings. The maximum atomic E-state index is 15.0. The molecule has 0 aliphatic carbocycles. The first-order valence-corrected chi connectivity index (χ1v) is 17.6. The summed E-state index contributed by atoms with van der Waals surface area (Å²) in [4.78, 5) is 52.0. The van der Waals surface area contributed by atoms with E-state index in [-0.39, 0.29) is 24.3 Å². The molecule has 2 unspecified atom stereocenters. The standard InChI is InChI=1S/C39H50N4O6/c1-4-18-41(21-20-40-22-24-48-25-23-40)37(47)34-39-17-16-38(3,49-39)32(35(45)42(19-5-2)27-30-14-10-7-11-15-30)33(39)36(46)43(34)31(28-44)26-29-12-8-6-9-13-29/h4-15,31-34,44H,1-2,16-28H2,3H3/t31-,32-,33+,34?,38+,39?/m1/s1. The Kier molecular flexibility index (Phi) is 10.7. The Labute approximate surface area is 289 Å². The number of rotatable bonds is 15. The Hall–Kier alpha value is -3.83. The Morgan fingerprint density at radius 2 is 1.59 bits per heavy atom. The molecule has 0 radical (unpaired) electrons. The summed E-state index contributed by atoms with van der Waals surface area (Å²) in [6, 6.07) is 17.7. The predicted molar refractivity (Wildman–Crippen MR) is 186 cm³/mol. The molecule has 0 aromatic heterocycles. The van der Waals surface area contributed by atoms with Crippen LogP contribution >= 0.6 is 0 Å². The molecule has 4 saturated heterocycles. The minimum atomic E-state index is -1.21. The van der Waals surface area contributed by atoms with E-state index < -0.39 is 35.1 Å². The van der Waals surface area contributed by atoms with Crippen LogP contribution in [0.4, 0.5) is 0 Å². The van der Waals surface area contributed by atoms with Gasteiger partial charge in [0, 0.05) is 45.8 Å². The van der Waals surface area contributed by atoms with Crippen molar-refractivity contribution < 1.29 is 29.0 Å². The highest BCUT2D eigenvalue weighted by Gasteiger charge is 2.78. The van der Waals surface area contributed by atoms with Crippen LogP contribution in [-0.4, -0.2) is 125 Å². The first-order chi connectivity index (χ1) is 23.8. The summed E-state index contributed by atoms with van der Waals surface area (Å²) < 4.78 is 12.5. The normalized spacial score (nSPS) is 28.2. The van der Waals surface area contributed by atoms with E-state index in [0.717, 1.165) is 24.2 Å². The van der Waals surface area contributed by atoms with Crippen molar-refractivity contribution in [2.24, 2.45) is 11.8 Å². The van der Waals surface area contributed by atoms with Crippen molar-refractivity contribution in [2.45, 2.75) is 56.0 Å². The van der Waals surface area contributed by atoms with E-state index in [0.29, 0.717) is 65.2 Å². The highest BCUT2D eigenvalue weighted by atomic mass is 16.5. The summed E-state index contributed by atoms with van der Waals surface area (Å²) in [6.45, 7) is 14.4. The van der Waals surface area contributed by atoms with Gasteiger partial charge in [0.25, 0.3) is 0 Å². The molecular formula is C39H50N4O6. The summed E-state index contributed by atoms with van der Waals surface area (Å²) >= 11 is 0. The molecule has 1 N–H and O–H groups in total. The Bertz CT molecular complexity index is 1500. The molecular weight excluding hydrogens is 620 g/mol. The number of likely N-dealkylation sites (tertiary alicyclic amines) is 1. The second-order valence-electron chi connectivity index (χ2n) is 14.0. The summed E-state index contributed by atoms with van der Waals surface area (Å²) in [5.41, 5.74) is -0.227. The highest BCUT2D eigenvalue weighted by Crippen LogP contribution is 2.64. The SMILES string of the molecule is C=CCN(CCN1CCOCC1)C(=O)C1N([C@@H](CO)Cc2ccccc2)C(=O)[C@@H]2[C@H](C(=O)N(CC=C)Cc3ccccc3)[C@]3(C)CCC12O3. The molecule has 2 aromatic rings. The number of hydrogen-bond donors (Lipinski definition) is 1. The number of hydrogen-bond acceptors (Lipinski definition) is 7. The monoisotopic (exact) mass is 670 g/mol. The van der Waals surface area contributed by atoms with E-state index in [1.54, 1.807) is 26.9 Å². The van der Waals surface area contributed by atoms with Crippen molar-refractivity contribution in [3.63, 3.8) is 0 Å². The van der Waals surface area contributed by atoms with E-state index in [9.17, 15) is 19.5 Å². The number of aliphatic hydroxyl groups excluding tert-OH is 1. The van der Waals surface area contributed by atoms with Gasteiger partial charge in [0.15, 0.2) is 0 Å². The number of aliphatic hydroxyl groups is 1. The molecule has 49 heavy (non-hydrogen) atoms. The average molecular weight is 671 g/mol. The largest absolute Gasteiger partial charge is 0.394 e. The summed E-state index contributed by atoms with van der Waals surface area (Å²) in [6.07, 6.45) is 4.77. The van der Waals surface area contributed by atoms with E-state index in [4.69, 9.17) is 9.47 Å². The number of benzene rings is 2. The Balaban J connectivity index is 1.38. The van der Waals surface area contributed by atoms with Crippen molar-refractivity contribution in [1.82, 2.24) is 19.6 Å². The molecule has 262 valence electrons. The van der Waals surface area contributed by atoms with E-state index in [1.807, 2.05) is 67.6 Å². The molecule has 10 heteroatoms. The molecule has 3 amide bonds. The van der Waals surface area contributed by atoms with Gasteiger partial charge in [-0.3, -0.25) is 19.3 Å². The lowest BCUT2D eigenvalue weighted by atomic mass is 9.66. The van der Waals surface area contributed by atoms with Gasteiger partial charge in [0.1, 0.15) is 11.6 Å². The molecule has 6 rings (SSSR count). The fraction of sp³-hybridized carbons (Fsp3) is 0.513. The average Bonchev–Trinajstić information content (AvgIpc) is 3.70. The fourth-order valence-corrected chi connectivity index (χ4v) is 8.65. The summed E-state index contributed by atoms with van der Waals surface area (Å²) in [7, 11) is 0. The number of morpholine rings is 1. The predicted octanol–water partition coefficient (Wildman–Crippen LogP) is 2.92. The molecule has 10 nitrogen and oxygen atoms in total. The molecule has 0 saturated carbocycles. The van der Waals surface area contributed by atoms with Crippen molar-refractivity contribution >= 4 is 17.7 Å². The first-order valence-electron chi connectivity index (χ1n) is 17.6. The van der Waals surface area contributed by atoms with E-state index >= 15 is 0 Å². The van der Waals surface area contributed by atoms with Gasteiger partial charge in [0.2, 0.25) is 17.7 Å². The van der Waals surface area contributed by atoms with Crippen LogP contribution in [0.15, 0.2) is 86.0 Å². The zero-order valence-corrected chi connectivity index (χ0v) is 28.6. The van der Waals surface area contributed by atoms with Crippen LogP contribution in [0, 0.1) is 11.8 Å². The second-order valence-corrected chi connectivity index (χ2v) is 14.0. The Morgan fingerprint density at radius 3 is 2.22 bits per heavy atom. The number of amides is 3. The maximum Gasteiger partial charge on any atom is 0.248 e. The quantitative estimate of drug-likeness (QED) is 0.291. The lowest BCUT2D eigenvalue weighted by molar-refractivity contribution is -0.156. The number of carbonyl (C=O) groups is 3. The molecule has 6 atom stereocenters. The highest BCUT2D eigenvalue weighted by molar-refractivity contribution is 5.99. The van der Waals surface area contributed by atoms with E-state index in [1.165, 1.54) is 0 Å². The van der Waals surface area contributed by atoms with Crippen LogP contribution in [0.25, 0.3) is 0 Å². The smallest absolute Gasteiger partial charge is 0.248 e. The molecule has 2 bridgehead atoms. The Morgan fingerprint density at radius 1 is 0.959 bits per heavy atom. The van der Waals surface area contributed by atoms with Crippen molar-refractivity contribution in [3.8, 4) is 0 Å². The van der Waals surface area contributed by atoms with Gasteiger partial charge < -0.3 is 29.3 Å². The van der Waals surface area contributed by atoms with Crippen LogP contribution in [0.2, 0.25) is 0 Å². The van der Waals surface area contributed by atoms with Crippen LogP contribution in [-0.2, 0) is 36.8 Å². The zero-order valence-electron chi connectivity index (χ0n) is 28.6. The zero-order chi connectivity index (χ0) is 34.6. The third-order valence-corrected chi connectivity index (χ3v) is 11.0. The number of nitrogens with zero attached hydrogens (tertiary/aromatic N) is 4. The van der Waals surface area contributed by atoms with Gasteiger partial charge in [-0.25, -0.2) is 0 Å². The molecule has 1 spiro atoms. The van der Waals surface area contributed by atoms with Crippen molar-refractivity contribution in [3.05, 3.63) is 97.1 Å². The van der Waals surface area contributed by atoms with Gasteiger partial charge >= 0.3 is 0 Å². The van der Waals surface area contributed by atoms with Gasteiger partial charge in [-0.1, -0.05) is 72.8 Å². The maximum absolute atomic E-state index is 15.0. The van der Waals surface area contributed by atoms with Crippen LogP contribution in [0.5, 0.6) is 0 Å². The molecule has 2 aromatic carbocycles. The van der Waals surface area contributed by atoms with Gasteiger partial charge in [-0.15, -0.1) is 13.2 Å². The molecule has 4 aliphatic heterocycles. The summed E-state index contributed by atoms with van der Waals surface area (Å²) in [5, 5.41) is 10.9. The van der Waals surface area contributed by atoms with Gasteiger partial charge in [-0.05, 0) is 37.3 Å². The minimum absolute atomic E-state index is 0.182. The van der Waals surface area contributed by atoms with Gasteiger partial charge in [-0.2, -0.15) is 0 Å². The third kappa shape index (κ3) is 6.71. The van der Waals surface area contributed by atoms with Crippen molar-refractivity contribution in [2.75, 3.05) is 59.1 Å². The number of ether oxygens (including phenoxy) is 2. The lowest BCUT2D eigenvalue weighted by Gasteiger charge is -2.40. The van der Waals surface area contributed by atoms with Crippen LogP contribution in [0.3, 0.4) is 0 Å². The van der Waals surface area contributed by atoms with Gasteiger partial charge in [0.05, 0.1) is 43.3 Å². The summed E-state index contributed by atoms with van der Waals surface area (Å²) in [5.74, 6) is -2.39. The third-order valence-electron chi connectivity index (χ3n) is 11.0. The second kappa shape index (κ2) is 15.0. The molecule has 4 fully saturated rings.